The molecule has 1 saturated heterocycles. The minimum atomic E-state index is 0.978. The van der Waals surface area contributed by atoms with Gasteiger partial charge in [0, 0.05) is 19.6 Å². The molecule has 1 fully saturated rings. The summed E-state index contributed by atoms with van der Waals surface area (Å²) in [5.41, 5.74) is 2.98. The van der Waals surface area contributed by atoms with Gasteiger partial charge in [-0.1, -0.05) is 12.1 Å². The molecule has 1 aliphatic rings. The molecule has 0 aliphatic carbocycles. The number of hydrogen-bond donors (Lipinski definition) is 1. The maximum atomic E-state index is 4.78. The van der Waals surface area contributed by atoms with Gasteiger partial charge in [0.1, 0.15) is 0 Å². The summed E-state index contributed by atoms with van der Waals surface area (Å²) in [6, 6.07) is 8.07. The van der Waals surface area contributed by atoms with Gasteiger partial charge in [-0.25, -0.2) is 9.97 Å². The zero-order valence-corrected chi connectivity index (χ0v) is 10.7. The number of nitrogens with zero attached hydrogens (tertiary/aromatic N) is 3. The highest BCUT2D eigenvalue weighted by Crippen LogP contribution is 2.20. The van der Waals surface area contributed by atoms with Crippen molar-refractivity contribution in [3.05, 3.63) is 30.0 Å². The second-order valence-corrected chi connectivity index (χ2v) is 4.71. The van der Waals surface area contributed by atoms with Crippen LogP contribution in [0.15, 0.2) is 24.3 Å². The number of anilines is 1. The summed E-state index contributed by atoms with van der Waals surface area (Å²) in [5.74, 6) is 1.04. The first-order valence-electron chi connectivity index (χ1n) is 6.53. The Hall–Kier alpha value is -1.68. The Labute approximate surface area is 107 Å². The van der Waals surface area contributed by atoms with E-state index in [1.807, 2.05) is 31.2 Å². The molecule has 1 aliphatic heterocycles. The molecule has 4 heteroatoms. The highest BCUT2D eigenvalue weighted by atomic mass is 15.2. The Kier molecular flexibility index (Phi) is 3.11. The van der Waals surface area contributed by atoms with Crippen molar-refractivity contribution in [3.63, 3.8) is 0 Å². The molecule has 1 N–H and O–H groups in total. The van der Waals surface area contributed by atoms with Gasteiger partial charge in [-0.3, -0.25) is 0 Å². The molecule has 0 bridgehead atoms. The lowest BCUT2D eigenvalue weighted by Gasteiger charge is -2.22. The van der Waals surface area contributed by atoms with Crippen LogP contribution >= 0.6 is 0 Å². The van der Waals surface area contributed by atoms with E-state index in [1.54, 1.807) is 0 Å². The van der Waals surface area contributed by atoms with Crippen molar-refractivity contribution in [2.24, 2.45) is 0 Å². The Morgan fingerprint density at radius 3 is 2.67 bits per heavy atom. The van der Waals surface area contributed by atoms with Gasteiger partial charge in [0.15, 0.2) is 5.82 Å². The largest absolute Gasteiger partial charge is 0.354 e. The summed E-state index contributed by atoms with van der Waals surface area (Å²) in [4.78, 5) is 11.8. The van der Waals surface area contributed by atoms with Crippen LogP contribution in [0.5, 0.6) is 0 Å². The first-order valence-corrected chi connectivity index (χ1v) is 6.53. The maximum Gasteiger partial charge on any atom is 0.150 e. The Morgan fingerprint density at radius 1 is 1.06 bits per heavy atom. The van der Waals surface area contributed by atoms with Crippen LogP contribution in [0.2, 0.25) is 0 Å². The first kappa shape index (κ1) is 11.4. The molecule has 94 valence electrons. The molecule has 0 saturated carbocycles. The summed E-state index contributed by atoms with van der Waals surface area (Å²) < 4.78 is 0. The lowest BCUT2D eigenvalue weighted by Crippen LogP contribution is -2.29. The number of rotatable bonds is 1. The third kappa shape index (κ3) is 2.16. The van der Waals surface area contributed by atoms with Crippen molar-refractivity contribution in [1.29, 1.82) is 0 Å². The maximum absolute atomic E-state index is 4.78. The molecular formula is C14H18N4. The Balaban J connectivity index is 2.02. The molecule has 1 aromatic carbocycles. The topological polar surface area (TPSA) is 41.1 Å². The van der Waals surface area contributed by atoms with Crippen molar-refractivity contribution in [3.8, 4) is 0 Å². The summed E-state index contributed by atoms with van der Waals surface area (Å²) in [7, 11) is 0. The van der Waals surface area contributed by atoms with Crippen LogP contribution in [0.25, 0.3) is 11.0 Å². The lowest BCUT2D eigenvalue weighted by molar-refractivity contribution is 0.724. The van der Waals surface area contributed by atoms with E-state index in [9.17, 15) is 0 Å². The van der Waals surface area contributed by atoms with Crippen LogP contribution in [0.4, 0.5) is 5.82 Å². The quantitative estimate of drug-likeness (QED) is 0.827. The van der Waals surface area contributed by atoms with E-state index < -0.39 is 0 Å². The van der Waals surface area contributed by atoms with E-state index in [1.165, 1.54) is 0 Å². The molecule has 0 radical (unpaired) electrons. The molecule has 2 aromatic rings. The van der Waals surface area contributed by atoms with Crippen molar-refractivity contribution >= 4 is 16.9 Å². The zero-order valence-electron chi connectivity index (χ0n) is 10.7. The monoisotopic (exact) mass is 242 g/mol. The molecular weight excluding hydrogens is 224 g/mol. The van der Waals surface area contributed by atoms with E-state index in [-0.39, 0.29) is 0 Å². The van der Waals surface area contributed by atoms with Gasteiger partial charge in [-0.15, -0.1) is 0 Å². The Morgan fingerprint density at radius 2 is 1.83 bits per heavy atom. The smallest absolute Gasteiger partial charge is 0.150 e. The second kappa shape index (κ2) is 4.90. The van der Waals surface area contributed by atoms with Crippen molar-refractivity contribution in [2.75, 3.05) is 31.1 Å². The number of nitrogens with one attached hydrogen (secondary N) is 1. The average Bonchev–Trinajstić information content (AvgIpc) is 2.66. The van der Waals surface area contributed by atoms with Gasteiger partial charge in [-0.05, 0) is 32.0 Å². The van der Waals surface area contributed by atoms with Crippen LogP contribution in [0.1, 0.15) is 12.1 Å². The van der Waals surface area contributed by atoms with Crippen molar-refractivity contribution in [1.82, 2.24) is 15.3 Å². The molecule has 0 amide bonds. The van der Waals surface area contributed by atoms with Crippen LogP contribution in [-0.2, 0) is 0 Å². The molecule has 0 unspecified atom stereocenters. The second-order valence-electron chi connectivity index (χ2n) is 4.71. The fourth-order valence-corrected chi connectivity index (χ4v) is 2.44. The molecule has 0 atom stereocenters. The third-order valence-electron chi connectivity index (χ3n) is 3.36. The van der Waals surface area contributed by atoms with E-state index in [2.05, 4.69) is 15.2 Å². The third-order valence-corrected chi connectivity index (χ3v) is 3.36. The number of benzene rings is 1. The normalized spacial score (nSPS) is 16.8. The van der Waals surface area contributed by atoms with Gasteiger partial charge >= 0.3 is 0 Å². The van der Waals surface area contributed by atoms with Crippen LogP contribution in [0.3, 0.4) is 0 Å². The minimum Gasteiger partial charge on any atom is -0.354 e. The molecule has 0 spiro atoms. The number of aromatic nitrogens is 2. The fourth-order valence-electron chi connectivity index (χ4n) is 2.44. The predicted octanol–water partition coefficient (Wildman–Crippen LogP) is 1.74. The standard InChI is InChI=1S/C14H18N4/c1-11-14(18-9-4-7-15-8-10-18)17-13-6-3-2-5-12(13)16-11/h2-3,5-6,15H,4,7-10H2,1H3. The fraction of sp³-hybridized carbons (Fsp3) is 0.429. The highest BCUT2D eigenvalue weighted by Gasteiger charge is 2.14. The molecule has 1 aromatic heterocycles. The van der Waals surface area contributed by atoms with E-state index in [0.29, 0.717) is 0 Å². The van der Waals surface area contributed by atoms with Gasteiger partial charge in [-0.2, -0.15) is 0 Å². The molecule has 18 heavy (non-hydrogen) atoms. The molecule has 2 heterocycles. The van der Waals surface area contributed by atoms with Crippen LogP contribution < -0.4 is 10.2 Å². The van der Waals surface area contributed by atoms with Crippen molar-refractivity contribution < 1.29 is 0 Å². The summed E-state index contributed by atoms with van der Waals surface area (Å²) >= 11 is 0. The van der Waals surface area contributed by atoms with E-state index in [0.717, 1.165) is 55.1 Å². The van der Waals surface area contributed by atoms with Crippen LogP contribution in [0, 0.1) is 6.92 Å². The number of hydrogen-bond acceptors (Lipinski definition) is 4. The number of fused-ring (bicyclic) bond motifs is 1. The average molecular weight is 242 g/mol. The summed E-state index contributed by atoms with van der Waals surface area (Å²) in [6.07, 6.45) is 1.16. The van der Waals surface area contributed by atoms with Gasteiger partial charge in [0.05, 0.1) is 16.7 Å². The van der Waals surface area contributed by atoms with Gasteiger partial charge in [0.2, 0.25) is 0 Å². The first-order chi connectivity index (χ1) is 8.84. The number of aryl methyl sites for hydroxylation is 1. The van der Waals surface area contributed by atoms with E-state index >= 15 is 0 Å². The lowest BCUT2D eigenvalue weighted by atomic mass is 10.2. The van der Waals surface area contributed by atoms with E-state index in [4.69, 9.17) is 4.98 Å². The highest BCUT2D eigenvalue weighted by molar-refractivity contribution is 5.76. The predicted molar refractivity (Wildman–Crippen MR) is 74.0 cm³/mol. The van der Waals surface area contributed by atoms with Crippen LogP contribution in [-0.4, -0.2) is 36.1 Å². The van der Waals surface area contributed by atoms with Gasteiger partial charge < -0.3 is 10.2 Å². The van der Waals surface area contributed by atoms with Crippen molar-refractivity contribution in [2.45, 2.75) is 13.3 Å². The van der Waals surface area contributed by atoms with Gasteiger partial charge in [0.25, 0.3) is 0 Å². The SMILES string of the molecule is Cc1nc2ccccc2nc1N1CCCNCC1. The molecule has 4 nitrogen and oxygen atoms in total. The number of para-hydroxylation sites is 2. The molecule has 3 rings (SSSR count). The minimum absolute atomic E-state index is 0.978. The summed E-state index contributed by atoms with van der Waals surface area (Å²) in [6.45, 7) is 6.23. The Bertz CT molecular complexity index is 544. The summed E-state index contributed by atoms with van der Waals surface area (Å²) in [5, 5.41) is 3.41. The zero-order chi connectivity index (χ0) is 12.4.